The molecule has 1 aromatic carbocycles. The molecule has 2 heterocycles. The zero-order valence-electron chi connectivity index (χ0n) is 11.2. The molecular formula is C15H15BrN4. The van der Waals surface area contributed by atoms with E-state index in [9.17, 15) is 0 Å². The number of rotatable bonds is 3. The molecule has 2 N–H and O–H groups in total. The Labute approximate surface area is 125 Å². The molecule has 0 unspecified atom stereocenters. The summed E-state index contributed by atoms with van der Waals surface area (Å²) in [5, 5.41) is 0. The normalized spacial score (nSPS) is 11.2. The number of imidazole rings is 1. The van der Waals surface area contributed by atoms with Gasteiger partial charge in [0, 0.05) is 17.1 Å². The largest absolute Gasteiger partial charge is 0.330 e. The van der Waals surface area contributed by atoms with Crippen LogP contribution in [0.3, 0.4) is 0 Å². The van der Waals surface area contributed by atoms with Gasteiger partial charge < -0.3 is 5.73 Å². The Kier molecular flexibility index (Phi) is 3.54. The summed E-state index contributed by atoms with van der Waals surface area (Å²) in [6.45, 7) is 2.62. The van der Waals surface area contributed by atoms with Crippen LogP contribution in [0.5, 0.6) is 0 Å². The average molecular weight is 331 g/mol. The van der Waals surface area contributed by atoms with Gasteiger partial charge in [0.05, 0.1) is 11.0 Å². The Hall–Kier alpha value is -1.72. The number of hydrogen-bond acceptors (Lipinski definition) is 3. The van der Waals surface area contributed by atoms with Crippen molar-refractivity contribution >= 4 is 27.0 Å². The third kappa shape index (κ3) is 2.23. The number of halogens is 1. The zero-order chi connectivity index (χ0) is 14.1. The molecule has 5 heteroatoms. The molecule has 20 heavy (non-hydrogen) atoms. The zero-order valence-corrected chi connectivity index (χ0v) is 12.8. The Morgan fingerprint density at radius 3 is 2.85 bits per heavy atom. The van der Waals surface area contributed by atoms with E-state index < -0.39 is 0 Å². The van der Waals surface area contributed by atoms with E-state index in [1.54, 1.807) is 0 Å². The lowest BCUT2D eigenvalue weighted by atomic mass is 10.3. The van der Waals surface area contributed by atoms with E-state index in [-0.39, 0.29) is 0 Å². The van der Waals surface area contributed by atoms with Gasteiger partial charge in [0.2, 0.25) is 0 Å². The highest BCUT2D eigenvalue weighted by molar-refractivity contribution is 9.10. The summed E-state index contributed by atoms with van der Waals surface area (Å²) < 4.78 is 3.09. The topological polar surface area (TPSA) is 56.7 Å². The smallest absolute Gasteiger partial charge is 0.138 e. The third-order valence-electron chi connectivity index (χ3n) is 3.26. The Bertz CT molecular complexity index is 764. The van der Waals surface area contributed by atoms with Gasteiger partial charge in [-0.05, 0) is 53.2 Å². The summed E-state index contributed by atoms with van der Waals surface area (Å²) in [4.78, 5) is 9.17. The van der Waals surface area contributed by atoms with Crippen molar-refractivity contribution in [3.05, 3.63) is 52.4 Å². The van der Waals surface area contributed by atoms with Crippen molar-refractivity contribution in [2.24, 2.45) is 5.73 Å². The van der Waals surface area contributed by atoms with Gasteiger partial charge in [-0.15, -0.1) is 0 Å². The van der Waals surface area contributed by atoms with Crippen LogP contribution in [0.2, 0.25) is 0 Å². The number of benzene rings is 1. The van der Waals surface area contributed by atoms with E-state index in [0.717, 1.165) is 39.1 Å². The molecule has 0 spiro atoms. The van der Waals surface area contributed by atoms with Gasteiger partial charge in [0.25, 0.3) is 0 Å². The highest BCUT2D eigenvalue weighted by Gasteiger charge is 2.13. The molecule has 3 aromatic rings. The highest BCUT2D eigenvalue weighted by Crippen LogP contribution is 2.23. The first-order chi connectivity index (χ1) is 9.70. The molecule has 4 nitrogen and oxygen atoms in total. The highest BCUT2D eigenvalue weighted by atomic mass is 79.9. The van der Waals surface area contributed by atoms with Crippen molar-refractivity contribution in [3.63, 3.8) is 0 Å². The van der Waals surface area contributed by atoms with E-state index >= 15 is 0 Å². The van der Waals surface area contributed by atoms with Gasteiger partial charge in [0.15, 0.2) is 0 Å². The van der Waals surface area contributed by atoms with E-state index in [2.05, 4.69) is 49.5 Å². The molecule has 102 valence electrons. The quantitative estimate of drug-likeness (QED) is 0.803. The summed E-state index contributed by atoms with van der Waals surface area (Å²) in [7, 11) is 0. The third-order valence-corrected chi connectivity index (χ3v) is 4.09. The van der Waals surface area contributed by atoms with Crippen LogP contribution in [0.25, 0.3) is 16.9 Å². The Morgan fingerprint density at radius 1 is 1.30 bits per heavy atom. The standard InChI is InChI=1S/C15H15BrN4/c1-10-8-15(18-9-11(10)16)20-13-5-3-2-4-12(13)19-14(20)6-7-17/h2-5,8-9H,6-7,17H2,1H3. The maximum atomic E-state index is 5.70. The van der Waals surface area contributed by atoms with Gasteiger partial charge in [-0.2, -0.15) is 0 Å². The summed E-state index contributed by atoms with van der Waals surface area (Å²) in [6, 6.07) is 10.1. The lowest BCUT2D eigenvalue weighted by molar-refractivity contribution is 0.834. The average Bonchev–Trinajstić information content (AvgIpc) is 2.80. The van der Waals surface area contributed by atoms with Crippen LogP contribution >= 0.6 is 15.9 Å². The van der Waals surface area contributed by atoms with E-state index in [1.807, 2.05) is 24.4 Å². The lowest BCUT2D eigenvalue weighted by Gasteiger charge is -2.09. The number of nitrogens with zero attached hydrogens (tertiary/aromatic N) is 3. The Morgan fingerprint density at radius 2 is 2.10 bits per heavy atom. The molecule has 0 aliphatic heterocycles. The summed E-state index contributed by atoms with van der Waals surface area (Å²) in [5.41, 5.74) is 8.88. The molecule has 0 aliphatic carbocycles. The van der Waals surface area contributed by atoms with Crippen LogP contribution in [0.1, 0.15) is 11.4 Å². The monoisotopic (exact) mass is 330 g/mol. The van der Waals surface area contributed by atoms with Gasteiger partial charge in [-0.25, -0.2) is 9.97 Å². The van der Waals surface area contributed by atoms with Gasteiger partial charge in [-0.3, -0.25) is 4.57 Å². The second-order valence-electron chi connectivity index (χ2n) is 4.68. The molecule has 0 saturated heterocycles. The van der Waals surface area contributed by atoms with Crippen LogP contribution in [0, 0.1) is 6.92 Å². The maximum absolute atomic E-state index is 5.70. The SMILES string of the molecule is Cc1cc(-n2c(CCN)nc3ccccc32)ncc1Br. The number of fused-ring (bicyclic) bond motifs is 1. The second kappa shape index (κ2) is 5.34. The van der Waals surface area contributed by atoms with Crippen molar-refractivity contribution in [2.45, 2.75) is 13.3 Å². The first-order valence-corrected chi connectivity index (χ1v) is 7.29. The van der Waals surface area contributed by atoms with Crippen molar-refractivity contribution in [1.29, 1.82) is 0 Å². The summed E-state index contributed by atoms with van der Waals surface area (Å²) in [6.07, 6.45) is 2.55. The molecular weight excluding hydrogens is 316 g/mol. The number of pyridine rings is 1. The van der Waals surface area contributed by atoms with Gasteiger partial charge in [-0.1, -0.05) is 12.1 Å². The van der Waals surface area contributed by atoms with Crippen LogP contribution in [-0.4, -0.2) is 21.1 Å². The van der Waals surface area contributed by atoms with Crippen molar-refractivity contribution in [3.8, 4) is 5.82 Å². The Balaban J connectivity index is 2.26. The number of para-hydroxylation sites is 2. The minimum absolute atomic E-state index is 0.568. The number of aryl methyl sites for hydroxylation is 1. The fraction of sp³-hybridized carbons (Fsp3) is 0.200. The number of nitrogens with two attached hydrogens (primary N) is 1. The van der Waals surface area contributed by atoms with Crippen LogP contribution in [0.4, 0.5) is 0 Å². The van der Waals surface area contributed by atoms with E-state index in [1.165, 1.54) is 0 Å². The summed E-state index contributed by atoms with van der Waals surface area (Å²) in [5.74, 6) is 1.82. The predicted molar refractivity (Wildman–Crippen MR) is 84.1 cm³/mol. The van der Waals surface area contributed by atoms with Crippen LogP contribution in [-0.2, 0) is 6.42 Å². The molecule has 2 aromatic heterocycles. The fourth-order valence-electron chi connectivity index (χ4n) is 2.28. The summed E-state index contributed by atoms with van der Waals surface area (Å²) >= 11 is 3.48. The minimum Gasteiger partial charge on any atom is -0.330 e. The minimum atomic E-state index is 0.568. The van der Waals surface area contributed by atoms with E-state index in [0.29, 0.717) is 6.54 Å². The predicted octanol–water partition coefficient (Wildman–Crippen LogP) is 2.99. The molecule has 3 rings (SSSR count). The molecule has 0 bridgehead atoms. The number of hydrogen-bond donors (Lipinski definition) is 1. The molecule has 0 saturated carbocycles. The first-order valence-electron chi connectivity index (χ1n) is 6.49. The second-order valence-corrected chi connectivity index (χ2v) is 5.54. The first kappa shape index (κ1) is 13.3. The number of aromatic nitrogens is 3. The molecule has 0 radical (unpaired) electrons. The lowest BCUT2D eigenvalue weighted by Crippen LogP contribution is -2.10. The van der Waals surface area contributed by atoms with Crippen molar-refractivity contribution in [1.82, 2.24) is 14.5 Å². The van der Waals surface area contributed by atoms with Gasteiger partial charge >= 0.3 is 0 Å². The molecule has 0 aliphatic rings. The molecule has 0 atom stereocenters. The van der Waals surface area contributed by atoms with Gasteiger partial charge in [0.1, 0.15) is 11.6 Å². The van der Waals surface area contributed by atoms with Crippen LogP contribution < -0.4 is 5.73 Å². The molecule has 0 amide bonds. The maximum Gasteiger partial charge on any atom is 0.138 e. The van der Waals surface area contributed by atoms with Crippen molar-refractivity contribution < 1.29 is 0 Å². The molecule has 0 fully saturated rings. The fourth-order valence-corrected chi connectivity index (χ4v) is 2.49. The van der Waals surface area contributed by atoms with Crippen molar-refractivity contribution in [2.75, 3.05) is 6.54 Å². The van der Waals surface area contributed by atoms with Crippen LogP contribution in [0.15, 0.2) is 41.0 Å². The van der Waals surface area contributed by atoms with E-state index in [4.69, 9.17) is 5.73 Å².